The van der Waals surface area contributed by atoms with Gasteiger partial charge in [-0.05, 0) is 63.0 Å². The number of ether oxygens (including phenoxy) is 1. The van der Waals surface area contributed by atoms with Crippen molar-refractivity contribution in [2.75, 3.05) is 33.3 Å². The molecule has 3 rings (SSSR count). The first-order chi connectivity index (χ1) is 10.8. The van der Waals surface area contributed by atoms with Gasteiger partial charge in [-0.1, -0.05) is 0 Å². The molecule has 0 atom stereocenters. The molecule has 1 aliphatic rings. The van der Waals surface area contributed by atoms with Crippen molar-refractivity contribution in [2.24, 2.45) is 5.73 Å². The molecule has 0 amide bonds. The van der Waals surface area contributed by atoms with E-state index in [-0.39, 0.29) is 0 Å². The van der Waals surface area contributed by atoms with Crippen LogP contribution >= 0.6 is 0 Å². The number of fused-ring (bicyclic) bond motifs is 1. The van der Waals surface area contributed by atoms with Crippen molar-refractivity contribution in [2.45, 2.75) is 32.2 Å². The molecule has 4 nitrogen and oxygen atoms in total. The Labute approximate surface area is 132 Å². The van der Waals surface area contributed by atoms with Gasteiger partial charge in [0, 0.05) is 30.7 Å². The van der Waals surface area contributed by atoms with Crippen LogP contribution in [0, 0.1) is 0 Å². The number of nitrogens with two attached hydrogens (primary N) is 1. The zero-order valence-corrected chi connectivity index (χ0v) is 13.6. The number of aromatic nitrogens is 1. The van der Waals surface area contributed by atoms with Gasteiger partial charge in [0.1, 0.15) is 5.75 Å². The number of likely N-dealkylation sites (tertiary alicyclic amines) is 1. The lowest BCUT2D eigenvalue weighted by atomic mass is 10.1. The fourth-order valence-corrected chi connectivity index (χ4v) is 3.41. The number of methoxy groups -OCH3 is 1. The Bertz CT molecular complexity index is 614. The smallest absolute Gasteiger partial charge is 0.120 e. The van der Waals surface area contributed by atoms with Crippen molar-refractivity contribution >= 4 is 10.9 Å². The Kier molecular flexibility index (Phi) is 5.01. The van der Waals surface area contributed by atoms with Crippen molar-refractivity contribution in [3.05, 3.63) is 30.0 Å². The van der Waals surface area contributed by atoms with Gasteiger partial charge in [-0.25, -0.2) is 0 Å². The molecule has 1 aliphatic heterocycles. The lowest BCUT2D eigenvalue weighted by Gasteiger charge is -2.13. The van der Waals surface area contributed by atoms with Gasteiger partial charge >= 0.3 is 0 Å². The SMILES string of the molecule is COc1ccc2c(CCN3CCCC3)cn(CCCN)c2c1. The highest BCUT2D eigenvalue weighted by Gasteiger charge is 2.14. The Hall–Kier alpha value is -1.52. The van der Waals surface area contributed by atoms with Crippen LogP contribution in [0.25, 0.3) is 10.9 Å². The number of nitrogens with zero attached hydrogens (tertiary/aromatic N) is 2. The van der Waals surface area contributed by atoms with E-state index in [1.165, 1.54) is 48.9 Å². The minimum Gasteiger partial charge on any atom is -0.497 e. The van der Waals surface area contributed by atoms with E-state index in [2.05, 4.69) is 33.9 Å². The summed E-state index contributed by atoms with van der Waals surface area (Å²) in [5, 5.41) is 1.36. The van der Waals surface area contributed by atoms with Gasteiger partial charge in [-0.15, -0.1) is 0 Å². The Morgan fingerprint density at radius 2 is 2.00 bits per heavy atom. The minimum absolute atomic E-state index is 0.729. The quantitative estimate of drug-likeness (QED) is 0.855. The van der Waals surface area contributed by atoms with E-state index in [1.807, 2.05) is 0 Å². The third kappa shape index (κ3) is 3.28. The second kappa shape index (κ2) is 7.16. The molecular weight excluding hydrogens is 274 g/mol. The predicted octanol–water partition coefficient (Wildman–Crippen LogP) is 2.64. The Morgan fingerprint density at radius 3 is 2.73 bits per heavy atom. The zero-order chi connectivity index (χ0) is 15.4. The number of rotatable bonds is 7. The van der Waals surface area contributed by atoms with Gasteiger partial charge in [0.05, 0.1) is 12.6 Å². The molecule has 22 heavy (non-hydrogen) atoms. The molecule has 1 fully saturated rings. The van der Waals surface area contributed by atoms with Crippen LogP contribution in [0.5, 0.6) is 5.75 Å². The summed E-state index contributed by atoms with van der Waals surface area (Å²) < 4.78 is 7.72. The Balaban J connectivity index is 1.84. The standard InChI is InChI=1S/C18H27N3O/c1-22-16-5-6-17-15(7-12-20-9-2-3-10-20)14-21(11-4-8-19)18(17)13-16/h5-6,13-14H,2-4,7-12,19H2,1H3. The van der Waals surface area contributed by atoms with Crippen LogP contribution in [0.15, 0.2) is 24.4 Å². The maximum absolute atomic E-state index is 5.68. The molecule has 0 saturated carbocycles. The number of hydrogen-bond donors (Lipinski definition) is 1. The zero-order valence-electron chi connectivity index (χ0n) is 13.6. The van der Waals surface area contributed by atoms with Gasteiger partial charge in [-0.2, -0.15) is 0 Å². The molecule has 1 aromatic heterocycles. The molecule has 0 unspecified atom stereocenters. The first kappa shape index (κ1) is 15.4. The van der Waals surface area contributed by atoms with Crippen LogP contribution in [0.2, 0.25) is 0 Å². The van der Waals surface area contributed by atoms with Gasteiger partial charge in [0.2, 0.25) is 0 Å². The molecule has 1 aromatic carbocycles. The molecule has 0 radical (unpaired) electrons. The van der Waals surface area contributed by atoms with E-state index >= 15 is 0 Å². The van der Waals surface area contributed by atoms with E-state index < -0.39 is 0 Å². The highest BCUT2D eigenvalue weighted by Crippen LogP contribution is 2.27. The van der Waals surface area contributed by atoms with Crippen molar-refractivity contribution < 1.29 is 4.74 Å². The molecule has 0 spiro atoms. The lowest BCUT2D eigenvalue weighted by Crippen LogP contribution is -2.21. The topological polar surface area (TPSA) is 43.4 Å². The maximum Gasteiger partial charge on any atom is 0.120 e. The van der Waals surface area contributed by atoms with Gasteiger partial charge in [-0.3, -0.25) is 0 Å². The van der Waals surface area contributed by atoms with Gasteiger partial charge in [0.15, 0.2) is 0 Å². The summed E-state index contributed by atoms with van der Waals surface area (Å²) in [4.78, 5) is 2.58. The molecule has 2 heterocycles. The van der Waals surface area contributed by atoms with E-state index in [1.54, 1.807) is 7.11 Å². The third-order valence-corrected chi connectivity index (χ3v) is 4.67. The van der Waals surface area contributed by atoms with E-state index in [4.69, 9.17) is 10.5 Å². The fraction of sp³-hybridized carbons (Fsp3) is 0.556. The second-order valence-corrected chi connectivity index (χ2v) is 6.17. The number of aryl methyl sites for hydroxylation is 1. The van der Waals surface area contributed by atoms with Gasteiger partial charge < -0.3 is 19.9 Å². The number of hydrogen-bond acceptors (Lipinski definition) is 3. The summed E-state index contributed by atoms with van der Waals surface area (Å²) in [7, 11) is 1.72. The van der Waals surface area contributed by atoms with Crippen molar-refractivity contribution in [1.82, 2.24) is 9.47 Å². The highest BCUT2D eigenvalue weighted by molar-refractivity contribution is 5.85. The summed E-state index contributed by atoms with van der Waals surface area (Å²) in [6.07, 6.45) is 7.16. The molecule has 2 aromatic rings. The summed E-state index contributed by atoms with van der Waals surface area (Å²) in [6.45, 7) is 5.40. The molecule has 0 bridgehead atoms. The van der Waals surface area contributed by atoms with Crippen LogP contribution in [-0.2, 0) is 13.0 Å². The minimum atomic E-state index is 0.729. The van der Waals surface area contributed by atoms with Crippen molar-refractivity contribution in [3.8, 4) is 5.75 Å². The van der Waals surface area contributed by atoms with E-state index in [0.717, 1.165) is 31.7 Å². The number of benzene rings is 1. The molecule has 4 heteroatoms. The predicted molar refractivity (Wildman–Crippen MR) is 91.5 cm³/mol. The maximum atomic E-state index is 5.68. The average Bonchev–Trinajstić information content (AvgIpc) is 3.18. The van der Waals surface area contributed by atoms with E-state index in [0.29, 0.717) is 0 Å². The van der Waals surface area contributed by atoms with Crippen molar-refractivity contribution in [3.63, 3.8) is 0 Å². The highest BCUT2D eigenvalue weighted by atomic mass is 16.5. The van der Waals surface area contributed by atoms with Crippen LogP contribution in [-0.4, -0.2) is 42.8 Å². The monoisotopic (exact) mass is 301 g/mol. The lowest BCUT2D eigenvalue weighted by molar-refractivity contribution is 0.344. The van der Waals surface area contributed by atoms with E-state index in [9.17, 15) is 0 Å². The third-order valence-electron chi connectivity index (χ3n) is 4.67. The van der Waals surface area contributed by atoms with Crippen molar-refractivity contribution in [1.29, 1.82) is 0 Å². The Morgan fingerprint density at radius 1 is 1.18 bits per heavy atom. The molecule has 2 N–H and O–H groups in total. The van der Waals surface area contributed by atoms with Crippen LogP contribution in [0.3, 0.4) is 0 Å². The second-order valence-electron chi connectivity index (χ2n) is 6.17. The first-order valence-corrected chi connectivity index (χ1v) is 8.40. The van der Waals surface area contributed by atoms with Crippen LogP contribution < -0.4 is 10.5 Å². The normalized spacial score (nSPS) is 15.7. The van der Waals surface area contributed by atoms with Gasteiger partial charge in [0.25, 0.3) is 0 Å². The molecule has 120 valence electrons. The average molecular weight is 301 g/mol. The summed E-state index contributed by atoms with van der Waals surface area (Å²) >= 11 is 0. The summed E-state index contributed by atoms with van der Waals surface area (Å²) in [5.41, 5.74) is 8.39. The molecule has 0 aliphatic carbocycles. The molecular formula is C18H27N3O. The first-order valence-electron chi connectivity index (χ1n) is 8.40. The molecule has 1 saturated heterocycles. The summed E-state index contributed by atoms with van der Waals surface area (Å²) in [6, 6.07) is 6.41. The van der Waals surface area contributed by atoms with Crippen LogP contribution in [0.1, 0.15) is 24.8 Å². The van der Waals surface area contributed by atoms with Crippen LogP contribution in [0.4, 0.5) is 0 Å². The summed E-state index contributed by atoms with van der Waals surface area (Å²) in [5.74, 6) is 0.922. The largest absolute Gasteiger partial charge is 0.497 e. The fourth-order valence-electron chi connectivity index (χ4n) is 3.41.